The second-order valence-electron chi connectivity index (χ2n) is 27.1. The summed E-state index contributed by atoms with van der Waals surface area (Å²) in [6.45, 7) is 19.6. The molecule has 22 heteroatoms. The molecule has 4 N–H and O–H groups in total. The maximum atomic E-state index is 13.2. The van der Waals surface area contributed by atoms with Crippen molar-refractivity contribution in [1.82, 2.24) is 34.8 Å². The van der Waals surface area contributed by atoms with E-state index in [9.17, 15) is 34.0 Å². The Hall–Kier alpha value is -9.77. The number of nitrogens with zero attached hydrogens (tertiary/aromatic N) is 6. The molecule has 4 amide bonds. The number of rotatable bonds is 11. The van der Waals surface area contributed by atoms with Crippen LogP contribution in [0.5, 0.6) is 0 Å². The number of carbonyl (C=O) groups excluding carboxylic acids is 5. The van der Waals surface area contributed by atoms with Gasteiger partial charge in [0.2, 0.25) is 0 Å². The predicted molar refractivity (Wildman–Crippen MR) is 377 cm³/mol. The number of carbonyl (C=O) groups is 5. The molecule has 0 radical (unpaired) electrons. The van der Waals surface area contributed by atoms with E-state index in [1.54, 1.807) is 90.3 Å². The van der Waals surface area contributed by atoms with Crippen molar-refractivity contribution in [1.29, 1.82) is 0 Å². The summed E-state index contributed by atoms with van der Waals surface area (Å²) in [5, 5.41) is 34.9. The highest BCUT2D eigenvalue weighted by atomic mass is 79.9. The highest BCUT2D eigenvalue weighted by molar-refractivity contribution is 9.10. The van der Waals surface area contributed by atoms with Crippen molar-refractivity contribution in [2.24, 2.45) is 0 Å². The van der Waals surface area contributed by atoms with Gasteiger partial charge in [0, 0.05) is 34.1 Å². The molecule has 0 saturated carbocycles. The Balaban J connectivity index is 0.000000180. The quantitative estimate of drug-likeness (QED) is 0.0695. The summed E-state index contributed by atoms with van der Waals surface area (Å²) in [5.41, 5.74) is 11.5. The van der Waals surface area contributed by atoms with Gasteiger partial charge in [-0.1, -0.05) is 137 Å². The zero-order chi connectivity index (χ0) is 69.3. The van der Waals surface area contributed by atoms with Gasteiger partial charge in [-0.05, 0) is 189 Å². The Labute approximate surface area is 573 Å². The van der Waals surface area contributed by atoms with Gasteiger partial charge in [0.25, 0.3) is 0 Å². The SMILES string of the molecule is CC(C)(C)OC(=O)N(C(=O)OC(C)(C)C)c1ccc2c(c1)C=C(c1ccc(-c3cc([C@@H]4CCCN4C(=O)OCc4ccccc4)[nH]n3)cc1)C2.Cc1ccc2c(c1)cc(B(O)O)n2C(=O)OC(C)(C)C.O=C(OCc1ccccc1)N1CCC[C@H]1c1cc(-c2ccc(Br)cc2)n[nH]1. The fourth-order valence-electron chi connectivity index (χ4n) is 11.6. The molecule has 0 bridgehead atoms. The number of hydrogen-bond acceptors (Lipinski definition) is 14. The first-order chi connectivity index (χ1) is 46.1. The molecule has 6 aromatic carbocycles. The molecule has 2 aliphatic heterocycles. The second-order valence-corrected chi connectivity index (χ2v) is 28.0. The summed E-state index contributed by atoms with van der Waals surface area (Å²) in [7, 11) is -1.74. The summed E-state index contributed by atoms with van der Waals surface area (Å²) in [6, 6.07) is 52.1. The number of benzene rings is 6. The molecule has 2 saturated heterocycles. The van der Waals surface area contributed by atoms with Crippen LogP contribution in [0.25, 0.3) is 45.1 Å². The number of ether oxygens (including phenoxy) is 5. The zero-order valence-electron chi connectivity index (χ0n) is 56.3. The summed E-state index contributed by atoms with van der Waals surface area (Å²) in [4.78, 5) is 68.7. The van der Waals surface area contributed by atoms with Crippen molar-refractivity contribution in [3.05, 3.63) is 213 Å². The molecule has 504 valence electrons. The smallest absolute Gasteiger partial charge is 0.445 e. The van der Waals surface area contributed by atoms with Crippen LogP contribution in [0.4, 0.5) is 29.7 Å². The molecule has 9 aromatic rings. The van der Waals surface area contributed by atoms with Gasteiger partial charge in [-0.3, -0.25) is 24.6 Å². The largest absolute Gasteiger partial charge is 0.506 e. The van der Waals surface area contributed by atoms with Crippen molar-refractivity contribution in [3.8, 4) is 22.5 Å². The second kappa shape index (κ2) is 30.1. The number of nitrogens with one attached hydrogen (secondary N) is 2. The van der Waals surface area contributed by atoms with Crippen molar-refractivity contribution < 1.29 is 57.7 Å². The number of aromatic nitrogens is 5. The van der Waals surface area contributed by atoms with Gasteiger partial charge in [-0.2, -0.15) is 15.1 Å². The minimum atomic E-state index is -1.74. The van der Waals surface area contributed by atoms with Crippen LogP contribution in [0.15, 0.2) is 168 Å². The first kappa shape index (κ1) is 70.0. The van der Waals surface area contributed by atoms with Crippen molar-refractivity contribution >= 4 is 87.3 Å². The van der Waals surface area contributed by atoms with Crippen LogP contribution in [0.3, 0.4) is 0 Å². The Bertz CT molecular complexity index is 4260. The first-order valence-electron chi connectivity index (χ1n) is 32.4. The lowest BCUT2D eigenvalue weighted by Gasteiger charge is -2.28. The average Bonchev–Trinajstić information content (AvgIpc) is 1.71. The van der Waals surface area contributed by atoms with Gasteiger partial charge in [0.1, 0.15) is 30.0 Å². The lowest BCUT2D eigenvalue weighted by Crippen LogP contribution is -2.43. The van der Waals surface area contributed by atoms with Crippen LogP contribution in [-0.2, 0) is 43.3 Å². The average molecular weight is 1380 g/mol. The Morgan fingerprint density at radius 3 is 1.55 bits per heavy atom. The summed E-state index contributed by atoms with van der Waals surface area (Å²) in [5.74, 6) is 0. The van der Waals surface area contributed by atoms with E-state index in [1.807, 2.05) is 140 Å². The first-order valence-corrected chi connectivity index (χ1v) is 33.2. The molecule has 1 aliphatic carbocycles. The molecule has 2 atom stereocenters. The number of likely N-dealkylation sites (tertiary alicyclic amines) is 2. The summed E-state index contributed by atoms with van der Waals surface area (Å²) >= 11 is 3.45. The van der Waals surface area contributed by atoms with E-state index in [0.29, 0.717) is 30.7 Å². The standard InChI is InChI=1S/C40H44N4O6.C21H20BrN3O2.C14H18BNO4/c1-39(2,3)49-37(46)44(38(47)50-40(4,5)6)32-19-18-29-21-30(22-31(29)23-32)27-14-16-28(17-15-27)33-24-34(42-41-33)35-13-10-20-43(35)36(45)48-25-26-11-8-7-9-12-26;22-17-10-8-16(9-11-17)18-13-19(24-23-18)20-7-4-12-25(20)21(26)27-14-15-5-2-1-3-6-15;1-9-5-6-11-10(7-9)8-12(15(18)19)16(11)13(17)20-14(2,3)4/h7-9,11-12,14-19,22-24,35H,10,13,20-21,25H2,1-6H3,(H,41,42);1-3,5-6,8-11,13,20H,4,7,12,14H2,(H,23,24);5-8,18-19H,1-4H3/t35-;20-;/m00./s1. The van der Waals surface area contributed by atoms with Crippen LogP contribution in [0.1, 0.15) is 145 Å². The van der Waals surface area contributed by atoms with Gasteiger partial charge >= 0.3 is 37.6 Å². The van der Waals surface area contributed by atoms with E-state index in [-0.39, 0.29) is 43.1 Å². The highest BCUT2D eigenvalue weighted by Crippen LogP contribution is 2.38. The normalized spacial score (nSPS) is 15.1. The van der Waals surface area contributed by atoms with E-state index in [0.717, 1.165) is 113 Å². The van der Waals surface area contributed by atoms with Crippen LogP contribution in [-0.4, -0.2) is 112 Å². The van der Waals surface area contributed by atoms with E-state index >= 15 is 0 Å². The lowest BCUT2D eigenvalue weighted by atomic mass is 9.86. The van der Waals surface area contributed by atoms with Crippen LogP contribution < -0.4 is 10.5 Å². The third-order valence-electron chi connectivity index (χ3n) is 16.1. The molecule has 12 rings (SSSR count). The number of allylic oxidation sites excluding steroid dienone is 1. The van der Waals surface area contributed by atoms with Crippen molar-refractivity contribution in [3.63, 3.8) is 0 Å². The van der Waals surface area contributed by atoms with Crippen LogP contribution >= 0.6 is 15.9 Å². The van der Waals surface area contributed by atoms with Crippen LogP contribution in [0.2, 0.25) is 0 Å². The number of halogens is 1. The van der Waals surface area contributed by atoms with E-state index in [2.05, 4.69) is 54.5 Å². The monoisotopic (exact) mass is 1380 g/mol. The number of aromatic amines is 2. The van der Waals surface area contributed by atoms with E-state index in [1.165, 1.54) is 4.57 Å². The van der Waals surface area contributed by atoms with Gasteiger partial charge in [0.05, 0.1) is 51.7 Å². The Morgan fingerprint density at radius 1 is 0.577 bits per heavy atom. The van der Waals surface area contributed by atoms with E-state index in [4.69, 9.17) is 23.7 Å². The number of anilines is 1. The summed E-state index contributed by atoms with van der Waals surface area (Å²) < 4.78 is 29.8. The Kier molecular flexibility index (Phi) is 21.7. The molecule has 3 aliphatic rings. The fourth-order valence-corrected chi connectivity index (χ4v) is 11.9. The fraction of sp³-hybridized carbons (Fsp3) is 0.320. The number of aryl methyl sites for hydroxylation is 1. The molecule has 20 nitrogen and oxygen atoms in total. The van der Waals surface area contributed by atoms with Gasteiger partial charge < -0.3 is 33.7 Å². The predicted octanol–water partition coefficient (Wildman–Crippen LogP) is 16.0. The number of H-pyrrole nitrogens is 2. The molecule has 97 heavy (non-hydrogen) atoms. The maximum Gasteiger partial charge on any atom is 0.506 e. The molecule has 5 heterocycles. The minimum Gasteiger partial charge on any atom is -0.445 e. The number of hydrogen-bond donors (Lipinski definition) is 4. The van der Waals surface area contributed by atoms with Crippen molar-refractivity contribution in [2.75, 3.05) is 18.0 Å². The molecular weight excluding hydrogens is 1300 g/mol. The van der Waals surface area contributed by atoms with Gasteiger partial charge in [-0.25, -0.2) is 24.0 Å². The topological polar surface area (TPSA) is 244 Å². The number of imide groups is 1. The third-order valence-corrected chi connectivity index (χ3v) is 16.6. The minimum absolute atomic E-state index is 0.0232. The third kappa shape index (κ3) is 18.2. The van der Waals surface area contributed by atoms with Gasteiger partial charge in [0.15, 0.2) is 0 Å². The van der Waals surface area contributed by atoms with Crippen LogP contribution in [0, 0.1) is 6.92 Å². The molecule has 3 aromatic heterocycles. The summed E-state index contributed by atoms with van der Waals surface area (Å²) in [6.07, 6.45) is 3.56. The maximum absolute atomic E-state index is 13.2. The highest BCUT2D eigenvalue weighted by Gasteiger charge is 2.36. The van der Waals surface area contributed by atoms with Crippen molar-refractivity contribution in [2.45, 2.75) is 143 Å². The molecule has 2 fully saturated rings. The zero-order valence-corrected chi connectivity index (χ0v) is 57.9. The molecule has 0 unspecified atom stereocenters. The molecular formula is C75H82BBrN8O12. The number of amides is 4. The number of fused-ring (bicyclic) bond motifs is 2. The van der Waals surface area contributed by atoms with E-state index < -0.39 is 42.2 Å². The molecule has 0 spiro atoms. The Morgan fingerprint density at radius 2 is 1.06 bits per heavy atom. The lowest BCUT2D eigenvalue weighted by molar-refractivity contribution is 0.0428. The van der Waals surface area contributed by atoms with Gasteiger partial charge in [-0.15, -0.1) is 0 Å².